The van der Waals surface area contributed by atoms with E-state index in [1.807, 2.05) is 26.0 Å². The van der Waals surface area contributed by atoms with Crippen molar-refractivity contribution in [1.29, 1.82) is 5.26 Å². The summed E-state index contributed by atoms with van der Waals surface area (Å²) in [7, 11) is 0. The Morgan fingerprint density at radius 1 is 1.22 bits per heavy atom. The van der Waals surface area contributed by atoms with Crippen LogP contribution in [0.2, 0.25) is 0 Å². The summed E-state index contributed by atoms with van der Waals surface area (Å²) in [6.45, 7) is 4.44. The fourth-order valence-electron chi connectivity index (χ4n) is 4.09. The van der Waals surface area contributed by atoms with Crippen LogP contribution in [-0.4, -0.2) is 50.2 Å². The van der Waals surface area contributed by atoms with Crippen molar-refractivity contribution in [3.63, 3.8) is 0 Å². The molecule has 0 bridgehead atoms. The number of aromatic nitrogens is 4. The molecule has 2 saturated heterocycles. The molecule has 11 heteroatoms. The Hall–Kier alpha value is -2.62. The van der Waals surface area contributed by atoms with E-state index >= 15 is 0 Å². The minimum absolute atomic E-state index is 0.287. The number of rotatable bonds is 5. The molecule has 166 valence electrons. The maximum atomic E-state index is 8.93. The second kappa shape index (κ2) is 8.06. The summed E-state index contributed by atoms with van der Waals surface area (Å²) < 4.78 is 26.9. The van der Waals surface area contributed by atoms with Crippen LogP contribution in [-0.2, 0) is 25.6 Å². The number of ether oxygens (including phenoxy) is 4. The van der Waals surface area contributed by atoms with Gasteiger partial charge in [-0.1, -0.05) is 12.1 Å². The molecule has 0 saturated carbocycles. The second-order valence-electron chi connectivity index (χ2n) is 8.14. The molecule has 3 aromatic rings. The molecule has 0 radical (unpaired) electrons. The Labute approximate surface area is 192 Å². The summed E-state index contributed by atoms with van der Waals surface area (Å²) in [4.78, 5) is 12.8. The highest BCUT2D eigenvalue weighted by Crippen LogP contribution is 2.45. The Balaban J connectivity index is 1.37. The van der Waals surface area contributed by atoms with Crippen LogP contribution >= 0.6 is 15.9 Å². The number of nitrogens with two attached hydrogens (primary N) is 1. The highest BCUT2D eigenvalue weighted by Gasteiger charge is 2.56. The first-order valence-corrected chi connectivity index (χ1v) is 10.9. The lowest BCUT2D eigenvalue weighted by molar-refractivity contribution is -0.202. The van der Waals surface area contributed by atoms with Crippen molar-refractivity contribution in [3.8, 4) is 6.07 Å². The summed E-state index contributed by atoms with van der Waals surface area (Å²) in [5.41, 5.74) is 8.58. The van der Waals surface area contributed by atoms with Crippen LogP contribution in [0.5, 0.6) is 0 Å². The number of nitrogens with zero attached hydrogens (tertiary/aromatic N) is 5. The third-order valence-electron chi connectivity index (χ3n) is 5.48. The number of halogens is 1. The second-order valence-corrected chi connectivity index (χ2v) is 8.84. The van der Waals surface area contributed by atoms with Gasteiger partial charge < -0.3 is 24.7 Å². The van der Waals surface area contributed by atoms with Crippen LogP contribution in [0.1, 0.15) is 31.2 Å². The minimum Gasteiger partial charge on any atom is -0.382 e. The van der Waals surface area contributed by atoms with E-state index in [0.29, 0.717) is 34.7 Å². The van der Waals surface area contributed by atoms with E-state index in [2.05, 4.69) is 37.0 Å². The Morgan fingerprint density at radius 2 is 1.97 bits per heavy atom. The van der Waals surface area contributed by atoms with Crippen molar-refractivity contribution in [2.45, 2.75) is 50.8 Å². The number of fused-ring (bicyclic) bond motifs is 2. The lowest BCUT2D eigenvalue weighted by Crippen LogP contribution is -2.32. The predicted octanol–water partition coefficient (Wildman–Crippen LogP) is 2.68. The first-order chi connectivity index (χ1) is 15.4. The Kier molecular flexibility index (Phi) is 5.35. The molecule has 2 aliphatic heterocycles. The van der Waals surface area contributed by atoms with Crippen molar-refractivity contribution in [2.24, 2.45) is 0 Å². The van der Waals surface area contributed by atoms with Gasteiger partial charge in [0.25, 0.3) is 0 Å². The number of nitrogen functional groups attached to an aromatic ring is 1. The summed E-state index contributed by atoms with van der Waals surface area (Å²) >= 11 is 3.49. The largest absolute Gasteiger partial charge is 0.382 e. The summed E-state index contributed by atoms with van der Waals surface area (Å²) in [6.07, 6.45) is -0.242. The third kappa shape index (κ3) is 3.74. The third-order valence-corrected chi connectivity index (χ3v) is 6.04. The van der Waals surface area contributed by atoms with E-state index in [1.165, 1.54) is 6.33 Å². The van der Waals surface area contributed by atoms with Gasteiger partial charge in [0, 0.05) is 0 Å². The summed E-state index contributed by atoms with van der Waals surface area (Å²) in [6, 6.07) is 9.38. The molecule has 0 amide bonds. The molecule has 10 nitrogen and oxygen atoms in total. The molecule has 0 spiro atoms. The number of hydrogen-bond acceptors (Lipinski definition) is 9. The molecule has 2 N–H and O–H groups in total. The summed E-state index contributed by atoms with van der Waals surface area (Å²) in [5.74, 6) is -0.477. The molecular formula is C21H21BrN6O4. The smallest absolute Gasteiger partial charge is 0.181 e. The van der Waals surface area contributed by atoms with Crippen LogP contribution < -0.4 is 5.73 Å². The number of hydrogen-bond donors (Lipinski definition) is 1. The topological polar surface area (TPSA) is 130 Å². The van der Waals surface area contributed by atoms with E-state index in [9.17, 15) is 0 Å². The van der Waals surface area contributed by atoms with Gasteiger partial charge in [-0.25, -0.2) is 15.0 Å². The molecule has 4 heterocycles. The highest BCUT2D eigenvalue weighted by atomic mass is 79.9. The Morgan fingerprint density at radius 3 is 2.72 bits per heavy atom. The van der Waals surface area contributed by atoms with Crippen LogP contribution in [0.25, 0.3) is 11.2 Å². The first-order valence-electron chi connectivity index (χ1n) is 10.1. The van der Waals surface area contributed by atoms with E-state index in [-0.39, 0.29) is 18.0 Å². The van der Waals surface area contributed by atoms with Crippen molar-refractivity contribution in [2.75, 3.05) is 12.3 Å². The van der Waals surface area contributed by atoms with Crippen LogP contribution in [0, 0.1) is 11.3 Å². The molecule has 0 unspecified atom stereocenters. The van der Waals surface area contributed by atoms with Gasteiger partial charge in [0.2, 0.25) is 0 Å². The molecule has 2 aromatic heterocycles. The molecule has 1 aromatic carbocycles. The fourth-order valence-corrected chi connectivity index (χ4v) is 4.64. The van der Waals surface area contributed by atoms with Crippen molar-refractivity contribution in [3.05, 3.63) is 46.5 Å². The van der Waals surface area contributed by atoms with Gasteiger partial charge in [-0.05, 0) is 47.5 Å². The van der Waals surface area contributed by atoms with E-state index < -0.39 is 18.1 Å². The SMILES string of the molecule is CC1(C)O[C@@H]2[C@H](O1)[C@@H](COCc1ccc(C#N)cc1)O[C@H]2n1c(Br)nc2c(N)ncnc21. The maximum Gasteiger partial charge on any atom is 0.181 e. The average Bonchev–Trinajstić information content (AvgIpc) is 3.37. The van der Waals surface area contributed by atoms with Gasteiger partial charge in [0.15, 0.2) is 33.7 Å². The normalized spacial score (nSPS) is 26.3. The minimum atomic E-state index is -0.764. The molecule has 0 aliphatic carbocycles. The van der Waals surface area contributed by atoms with Gasteiger partial charge in [0.1, 0.15) is 24.6 Å². The number of anilines is 1. The van der Waals surface area contributed by atoms with Gasteiger partial charge in [-0.2, -0.15) is 5.26 Å². The lowest BCUT2D eigenvalue weighted by atomic mass is 10.1. The molecule has 5 rings (SSSR count). The molecule has 32 heavy (non-hydrogen) atoms. The quantitative estimate of drug-likeness (QED) is 0.525. The molecule has 2 aliphatic rings. The summed E-state index contributed by atoms with van der Waals surface area (Å²) in [5, 5.41) is 8.93. The first kappa shape index (κ1) is 21.2. The van der Waals surface area contributed by atoms with Crippen molar-refractivity contribution in [1.82, 2.24) is 19.5 Å². The molecular weight excluding hydrogens is 480 g/mol. The predicted molar refractivity (Wildman–Crippen MR) is 116 cm³/mol. The zero-order chi connectivity index (χ0) is 22.5. The standard InChI is InChI=1S/C21H21BrN6O4/c1-21(2)31-15-13(9-29-8-12-5-3-11(7-23)4-6-12)30-19(16(15)32-21)28-18-14(27-20(28)22)17(24)25-10-26-18/h3-6,10,13,15-16,19H,8-9H2,1-2H3,(H2,24,25,26)/t13-,15-,16-,19-/m1/s1. The van der Waals surface area contributed by atoms with Crippen LogP contribution in [0.4, 0.5) is 5.82 Å². The van der Waals surface area contributed by atoms with Crippen molar-refractivity contribution < 1.29 is 18.9 Å². The highest BCUT2D eigenvalue weighted by molar-refractivity contribution is 9.10. The van der Waals surface area contributed by atoms with Gasteiger partial charge >= 0.3 is 0 Å². The van der Waals surface area contributed by atoms with Gasteiger partial charge in [-0.3, -0.25) is 4.57 Å². The van der Waals surface area contributed by atoms with Gasteiger partial charge in [0.05, 0.1) is 24.8 Å². The zero-order valence-electron chi connectivity index (χ0n) is 17.4. The lowest BCUT2D eigenvalue weighted by Gasteiger charge is -2.25. The van der Waals surface area contributed by atoms with Crippen molar-refractivity contribution >= 4 is 32.9 Å². The fraction of sp³-hybridized carbons (Fsp3) is 0.429. The monoisotopic (exact) mass is 500 g/mol. The number of imidazole rings is 1. The maximum absolute atomic E-state index is 8.93. The Bertz CT molecular complexity index is 1190. The number of benzene rings is 1. The van der Waals surface area contributed by atoms with Gasteiger partial charge in [-0.15, -0.1) is 0 Å². The van der Waals surface area contributed by atoms with E-state index in [0.717, 1.165) is 5.56 Å². The van der Waals surface area contributed by atoms with Crippen LogP contribution in [0.15, 0.2) is 35.3 Å². The van der Waals surface area contributed by atoms with E-state index in [4.69, 9.17) is 29.9 Å². The average molecular weight is 501 g/mol. The zero-order valence-corrected chi connectivity index (χ0v) is 19.0. The number of nitriles is 1. The molecule has 4 atom stereocenters. The van der Waals surface area contributed by atoms with Crippen LogP contribution in [0.3, 0.4) is 0 Å². The molecule has 2 fully saturated rings. The van der Waals surface area contributed by atoms with E-state index in [1.54, 1.807) is 16.7 Å².